The minimum atomic E-state index is 0.118. The molecule has 17 heavy (non-hydrogen) atoms. The molecule has 0 aliphatic heterocycles. The van der Waals surface area contributed by atoms with Crippen molar-refractivity contribution in [2.24, 2.45) is 0 Å². The van der Waals surface area contributed by atoms with Crippen molar-refractivity contribution in [1.29, 1.82) is 0 Å². The van der Waals surface area contributed by atoms with Gasteiger partial charge in [-0.1, -0.05) is 32.9 Å². The number of rotatable bonds is 5. The van der Waals surface area contributed by atoms with Crippen LogP contribution < -0.4 is 4.74 Å². The summed E-state index contributed by atoms with van der Waals surface area (Å²) in [6.45, 7) is 8.89. The van der Waals surface area contributed by atoms with E-state index < -0.39 is 0 Å². The molecular formula is C14H20O2S. The number of carbonyl (C=O) groups excluding carboxylic acids is 1. The zero-order valence-corrected chi connectivity index (χ0v) is 11.8. The Labute approximate surface area is 108 Å². The van der Waals surface area contributed by atoms with Gasteiger partial charge < -0.3 is 4.74 Å². The van der Waals surface area contributed by atoms with E-state index in [1.165, 1.54) is 0 Å². The van der Waals surface area contributed by atoms with Crippen LogP contribution in [-0.4, -0.2) is 22.9 Å². The van der Waals surface area contributed by atoms with Gasteiger partial charge >= 0.3 is 0 Å². The van der Waals surface area contributed by atoms with Crippen LogP contribution in [0.25, 0.3) is 0 Å². The van der Waals surface area contributed by atoms with Crippen LogP contribution in [0.1, 0.15) is 38.1 Å². The summed E-state index contributed by atoms with van der Waals surface area (Å²) in [5, 5.41) is 0. The molecule has 3 heteroatoms. The smallest absolute Gasteiger partial charge is 0.172 e. The second-order valence-electron chi connectivity index (χ2n) is 4.79. The lowest BCUT2D eigenvalue weighted by Gasteiger charge is -2.16. The predicted molar refractivity (Wildman–Crippen MR) is 74.2 cm³/mol. The molecule has 0 aromatic heterocycles. The number of hydrogen-bond donors (Lipinski definition) is 0. The number of ketones is 1. The van der Waals surface area contributed by atoms with Crippen molar-refractivity contribution in [2.45, 2.75) is 32.4 Å². The van der Waals surface area contributed by atoms with E-state index in [1.807, 2.05) is 31.2 Å². The molecule has 0 saturated heterocycles. The van der Waals surface area contributed by atoms with Gasteiger partial charge in [-0.05, 0) is 19.1 Å². The van der Waals surface area contributed by atoms with E-state index in [9.17, 15) is 4.79 Å². The zero-order valence-electron chi connectivity index (χ0n) is 10.9. The van der Waals surface area contributed by atoms with Crippen molar-refractivity contribution in [3.05, 3.63) is 29.8 Å². The second-order valence-corrected chi connectivity index (χ2v) is 6.59. The lowest BCUT2D eigenvalue weighted by Crippen LogP contribution is -2.13. The number of hydrogen-bond acceptors (Lipinski definition) is 3. The lowest BCUT2D eigenvalue weighted by atomic mass is 10.1. The second kappa shape index (κ2) is 6.10. The first-order valence-corrected chi connectivity index (χ1v) is 6.81. The molecule has 1 aromatic carbocycles. The Kier molecular flexibility index (Phi) is 5.06. The highest BCUT2D eigenvalue weighted by atomic mass is 32.2. The van der Waals surface area contributed by atoms with Gasteiger partial charge in [0.1, 0.15) is 5.75 Å². The third kappa shape index (κ3) is 5.26. The maximum absolute atomic E-state index is 12.0. The van der Waals surface area contributed by atoms with Crippen LogP contribution in [0, 0.1) is 0 Å². The van der Waals surface area contributed by atoms with Gasteiger partial charge in [0, 0.05) is 10.3 Å². The number of benzene rings is 1. The quantitative estimate of drug-likeness (QED) is 0.746. The first-order chi connectivity index (χ1) is 7.92. The average molecular weight is 252 g/mol. The molecule has 0 saturated carbocycles. The van der Waals surface area contributed by atoms with Gasteiger partial charge in [0.15, 0.2) is 5.78 Å². The molecule has 2 nitrogen and oxygen atoms in total. The number of Topliss-reactive ketones (excluding diaryl/α,β-unsaturated/α-hetero) is 1. The van der Waals surface area contributed by atoms with Gasteiger partial charge in [-0.3, -0.25) is 4.79 Å². The third-order valence-corrected chi connectivity index (χ3v) is 3.38. The van der Waals surface area contributed by atoms with Gasteiger partial charge in [0.05, 0.1) is 12.4 Å². The van der Waals surface area contributed by atoms with E-state index >= 15 is 0 Å². The SMILES string of the molecule is CCOc1cccc(C(=O)CSC(C)(C)C)c1. The van der Waals surface area contributed by atoms with Crippen LogP contribution in [0.4, 0.5) is 0 Å². The molecule has 0 aliphatic carbocycles. The molecule has 94 valence electrons. The summed E-state index contributed by atoms with van der Waals surface area (Å²) in [7, 11) is 0. The number of thioether (sulfide) groups is 1. The van der Waals surface area contributed by atoms with Gasteiger partial charge in [-0.2, -0.15) is 0 Å². The Bertz CT molecular complexity index is 380. The van der Waals surface area contributed by atoms with Gasteiger partial charge in [0.25, 0.3) is 0 Å². The summed E-state index contributed by atoms with van der Waals surface area (Å²) < 4.78 is 5.50. The topological polar surface area (TPSA) is 26.3 Å². The Hall–Kier alpha value is -0.960. The Morgan fingerprint density at radius 1 is 1.35 bits per heavy atom. The van der Waals surface area contributed by atoms with Crippen molar-refractivity contribution >= 4 is 17.5 Å². The van der Waals surface area contributed by atoms with Gasteiger partial charge in [0.2, 0.25) is 0 Å². The standard InChI is InChI=1S/C14H20O2S/c1-5-16-12-8-6-7-11(9-12)13(15)10-17-14(2,3)4/h6-9H,5,10H2,1-4H3. The Morgan fingerprint density at radius 2 is 2.06 bits per heavy atom. The lowest BCUT2D eigenvalue weighted by molar-refractivity contribution is 0.102. The molecule has 1 aromatic rings. The molecule has 0 radical (unpaired) electrons. The summed E-state index contributed by atoms with van der Waals surface area (Å²) in [6, 6.07) is 7.39. The first kappa shape index (κ1) is 14.1. The maximum Gasteiger partial charge on any atom is 0.172 e. The van der Waals surface area contributed by atoms with E-state index in [1.54, 1.807) is 11.8 Å². The van der Waals surface area contributed by atoms with Crippen LogP contribution in [0.3, 0.4) is 0 Å². The molecule has 0 bridgehead atoms. The minimum Gasteiger partial charge on any atom is -0.494 e. The molecular weight excluding hydrogens is 232 g/mol. The molecule has 0 spiro atoms. The third-order valence-electron chi connectivity index (χ3n) is 2.10. The minimum absolute atomic E-state index is 0.118. The molecule has 0 aliphatic rings. The van der Waals surface area contributed by atoms with E-state index in [0.717, 1.165) is 11.3 Å². The number of carbonyl (C=O) groups is 1. The fourth-order valence-electron chi connectivity index (χ4n) is 1.29. The summed E-state index contributed by atoms with van der Waals surface area (Å²) in [6.07, 6.45) is 0. The molecule has 0 amide bonds. The van der Waals surface area contributed by atoms with E-state index in [2.05, 4.69) is 20.8 Å². The monoisotopic (exact) mass is 252 g/mol. The van der Waals surface area contributed by atoms with Crippen molar-refractivity contribution in [2.75, 3.05) is 12.4 Å². The molecule has 0 unspecified atom stereocenters. The van der Waals surface area contributed by atoms with E-state index in [-0.39, 0.29) is 10.5 Å². The van der Waals surface area contributed by atoms with E-state index in [0.29, 0.717) is 12.4 Å². The summed E-state index contributed by atoms with van der Waals surface area (Å²) in [5.41, 5.74) is 0.729. The molecule has 0 fully saturated rings. The molecule has 0 N–H and O–H groups in total. The Morgan fingerprint density at radius 3 is 2.65 bits per heavy atom. The largest absolute Gasteiger partial charge is 0.494 e. The van der Waals surface area contributed by atoms with Crippen LogP contribution in [0.15, 0.2) is 24.3 Å². The number of ether oxygens (including phenoxy) is 1. The van der Waals surface area contributed by atoms with E-state index in [4.69, 9.17) is 4.74 Å². The van der Waals surface area contributed by atoms with Gasteiger partial charge in [-0.25, -0.2) is 0 Å². The van der Waals surface area contributed by atoms with Crippen molar-refractivity contribution in [3.8, 4) is 5.75 Å². The highest BCUT2D eigenvalue weighted by molar-refractivity contribution is 8.01. The predicted octanol–water partition coefficient (Wildman–Crippen LogP) is 3.80. The highest BCUT2D eigenvalue weighted by Gasteiger charge is 2.14. The van der Waals surface area contributed by atoms with Crippen molar-refractivity contribution in [3.63, 3.8) is 0 Å². The molecule has 0 heterocycles. The van der Waals surface area contributed by atoms with Gasteiger partial charge in [-0.15, -0.1) is 11.8 Å². The highest BCUT2D eigenvalue weighted by Crippen LogP contribution is 2.24. The first-order valence-electron chi connectivity index (χ1n) is 5.82. The van der Waals surface area contributed by atoms with Crippen LogP contribution in [0.2, 0.25) is 0 Å². The Balaban J connectivity index is 2.65. The summed E-state index contributed by atoms with van der Waals surface area (Å²) >= 11 is 1.67. The van der Waals surface area contributed by atoms with Crippen LogP contribution >= 0.6 is 11.8 Å². The van der Waals surface area contributed by atoms with Crippen molar-refractivity contribution in [1.82, 2.24) is 0 Å². The molecule has 0 atom stereocenters. The zero-order chi connectivity index (χ0) is 12.9. The van der Waals surface area contributed by atoms with Crippen LogP contribution in [0.5, 0.6) is 5.75 Å². The van der Waals surface area contributed by atoms with Crippen LogP contribution in [-0.2, 0) is 0 Å². The average Bonchev–Trinajstić information content (AvgIpc) is 2.26. The van der Waals surface area contributed by atoms with Crippen molar-refractivity contribution < 1.29 is 9.53 Å². The fraction of sp³-hybridized carbons (Fsp3) is 0.500. The normalized spacial score (nSPS) is 11.3. The summed E-state index contributed by atoms with van der Waals surface area (Å²) in [5.74, 6) is 1.43. The maximum atomic E-state index is 12.0. The molecule has 1 rings (SSSR count). The fourth-order valence-corrected chi connectivity index (χ4v) is 2.02. The summed E-state index contributed by atoms with van der Waals surface area (Å²) in [4.78, 5) is 12.0.